The Bertz CT molecular complexity index is 776. The number of likely N-dealkylation sites (tertiary alicyclic amines) is 1. The number of hydrogen-bond donors (Lipinski definition) is 0. The van der Waals surface area contributed by atoms with Crippen molar-refractivity contribution in [1.82, 2.24) is 14.9 Å². The van der Waals surface area contributed by atoms with Crippen LogP contribution < -0.4 is 0 Å². The molecule has 3 nitrogen and oxygen atoms in total. The Balaban J connectivity index is 1.84. The SMILES string of the molecule is Fc1ccc(C(C(c2ccccn2)c2ccccn2)N2CCCC2)cc1. The van der Waals surface area contributed by atoms with Crippen LogP contribution in [0.3, 0.4) is 0 Å². The molecule has 1 saturated heterocycles. The lowest BCUT2D eigenvalue weighted by molar-refractivity contribution is 0.222. The van der Waals surface area contributed by atoms with Crippen molar-refractivity contribution in [3.8, 4) is 0 Å². The molecule has 2 aromatic heterocycles. The Kier molecular flexibility index (Phi) is 5.02. The lowest BCUT2D eigenvalue weighted by Crippen LogP contribution is -2.32. The highest BCUT2D eigenvalue weighted by atomic mass is 19.1. The third kappa shape index (κ3) is 3.51. The molecule has 1 aliphatic rings. The van der Waals surface area contributed by atoms with Crippen LogP contribution in [0.4, 0.5) is 4.39 Å². The average molecular weight is 347 g/mol. The van der Waals surface area contributed by atoms with Gasteiger partial charge in [-0.3, -0.25) is 14.9 Å². The lowest BCUT2D eigenvalue weighted by Gasteiger charge is -2.34. The normalized spacial score (nSPS) is 16.1. The molecule has 26 heavy (non-hydrogen) atoms. The summed E-state index contributed by atoms with van der Waals surface area (Å²) < 4.78 is 13.5. The van der Waals surface area contributed by atoms with Crippen LogP contribution in [0.2, 0.25) is 0 Å². The maximum Gasteiger partial charge on any atom is 0.123 e. The number of benzene rings is 1. The molecule has 0 aliphatic carbocycles. The van der Waals surface area contributed by atoms with Crippen LogP contribution in [0.25, 0.3) is 0 Å². The Labute approximate surface area is 153 Å². The zero-order valence-corrected chi connectivity index (χ0v) is 14.6. The molecule has 1 aromatic carbocycles. The summed E-state index contributed by atoms with van der Waals surface area (Å²) in [6.07, 6.45) is 6.04. The van der Waals surface area contributed by atoms with Gasteiger partial charge in [-0.2, -0.15) is 0 Å². The zero-order chi connectivity index (χ0) is 17.8. The molecular weight excluding hydrogens is 325 g/mol. The fourth-order valence-electron chi connectivity index (χ4n) is 3.89. The van der Waals surface area contributed by atoms with Crippen molar-refractivity contribution in [2.45, 2.75) is 24.8 Å². The molecule has 1 atom stereocenters. The first kappa shape index (κ1) is 16.9. The second kappa shape index (κ2) is 7.75. The summed E-state index contributed by atoms with van der Waals surface area (Å²) in [7, 11) is 0. The van der Waals surface area contributed by atoms with Crippen LogP contribution in [-0.2, 0) is 0 Å². The van der Waals surface area contributed by atoms with E-state index < -0.39 is 0 Å². The quantitative estimate of drug-likeness (QED) is 0.676. The molecule has 0 saturated carbocycles. The Morgan fingerprint density at radius 3 is 1.85 bits per heavy atom. The van der Waals surface area contributed by atoms with Gasteiger partial charge < -0.3 is 0 Å². The first-order valence-electron chi connectivity index (χ1n) is 9.14. The third-order valence-corrected chi connectivity index (χ3v) is 5.07. The number of halogens is 1. The Hall–Kier alpha value is -2.59. The molecule has 0 radical (unpaired) electrons. The van der Waals surface area contributed by atoms with E-state index in [-0.39, 0.29) is 17.8 Å². The van der Waals surface area contributed by atoms with Crippen LogP contribution in [0.5, 0.6) is 0 Å². The summed E-state index contributed by atoms with van der Waals surface area (Å²) in [6.45, 7) is 2.08. The highest BCUT2D eigenvalue weighted by Crippen LogP contribution is 2.40. The molecule has 1 unspecified atom stereocenters. The molecule has 0 spiro atoms. The number of hydrogen-bond acceptors (Lipinski definition) is 3. The van der Waals surface area contributed by atoms with E-state index in [9.17, 15) is 4.39 Å². The van der Waals surface area contributed by atoms with Gasteiger partial charge in [-0.05, 0) is 67.9 Å². The van der Waals surface area contributed by atoms with Gasteiger partial charge in [0.25, 0.3) is 0 Å². The van der Waals surface area contributed by atoms with E-state index in [0.29, 0.717) is 0 Å². The predicted octanol–water partition coefficient (Wildman–Crippen LogP) is 4.58. The maximum atomic E-state index is 13.5. The molecule has 1 aliphatic heterocycles. The molecule has 0 N–H and O–H groups in total. The average Bonchev–Trinajstić information content (AvgIpc) is 3.22. The number of rotatable bonds is 5. The highest BCUT2D eigenvalue weighted by Gasteiger charge is 2.34. The van der Waals surface area contributed by atoms with E-state index in [4.69, 9.17) is 0 Å². The van der Waals surface area contributed by atoms with Gasteiger partial charge in [-0.1, -0.05) is 24.3 Å². The van der Waals surface area contributed by atoms with Crippen LogP contribution in [0, 0.1) is 5.82 Å². The van der Waals surface area contributed by atoms with Crippen LogP contribution in [-0.4, -0.2) is 28.0 Å². The van der Waals surface area contributed by atoms with Crippen LogP contribution in [0.15, 0.2) is 73.1 Å². The van der Waals surface area contributed by atoms with E-state index in [1.54, 1.807) is 12.1 Å². The predicted molar refractivity (Wildman–Crippen MR) is 100 cm³/mol. The van der Waals surface area contributed by atoms with Crippen molar-refractivity contribution < 1.29 is 4.39 Å². The van der Waals surface area contributed by atoms with Gasteiger partial charge in [0.1, 0.15) is 5.82 Å². The minimum Gasteiger partial charge on any atom is -0.295 e. The van der Waals surface area contributed by atoms with E-state index >= 15 is 0 Å². The molecule has 132 valence electrons. The fraction of sp³-hybridized carbons (Fsp3) is 0.273. The molecule has 0 amide bonds. The van der Waals surface area contributed by atoms with Crippen molar-refractivity contribution in [3.63, 3.8) is 0 Å². The fourth-order valence-corrected chi connectivity index (χ4v) is 3.89. The molecule has 4 rings (SSSR count). The van der Waals surface area contributed by atoms with Gasteiger partial charge in [0.05, 0.1) is 17.3 Å². The van der Waals surface area contributed by atoms with Crippen molar-refractivity contribution >= 4 is 0 Å². The third-order valence-electron chi connectivity index (χ3n) is 5.07. The van der Waals surface area contributed by atoms with E-state index in [2.05, 4.69) is 27.0 Å². The van der Waals surface area contributed by atoms with Crippen LogP contribution >= 0.6 is 0 Å². The van der Waals surface area contributed by atoms with E-state index in [1.807, 2.05) is 48.8 Å². The first-order valence-corrected chi connectivity index (χ1v) is 9.14. The van der Waals surface area contributed by atoms with Crippen LogP contribution in [0.1, 0.15) is 41.8 Å². The minimum atomic E-state index is -0.207. The highest BCUT2D eigenvalue weighted by molar-refractivity contribution is 5.32. The second-order valence-corrected chi connectivity index (χ2v) is 6.73. The summed E-state index contributed by atoms with van der Waals surface area (Å²) in [5.41, 5.74) is 3.09. The van der Waals surface area contributed by atoms with Gasteiger partial charge in [-0.25, -0.2) is 4.39 Å². The van der Waals surface area contributed by atoms with Crippen molar-refractivity contribution in [2.24, 2.45) is 0 Å². The largest absolute Gasteiger partial charge is 0.295 e. The summed E-state index contributed by atoms with van der Waals surface area (Å²) in [6, 6.07) is 19.0. The maximum absolute atomic E-state index is 13.5. The van der Waals surface area contributed by atoms with Gasteiger partial charge in [0.15, 0.2) is 0 Å². The Morgan fingerprint density at radius 2 is 1.35 bits per heavy atom. The standard InChI is InChI=1S/C22H22FN3/c23-18-11-9-17(10-12-18)22(26-15-5-6-16-26)21(19-7-1-3-13-24-19)20-8-2-4-14-25-20/h1-4,7-14,21-22H,5-6,15-16H2. The van der Waals surface area contributed by atoms with Crippen molar-refractivity contribution in [1.29, 1.82) is 0 Å². The van der Waals surface area contributed by atoms with Gasteiger partial charge in [-0.15, -0.1) is 0 Å². The number of nitrogens with zero attached hydrogens (tertiary/aromatic N) is 3. The summed E-state index contributed by atoms with van der Waals surface area (Å²) in [5.74, 6) is -0.206. The number of aromatic nitrogens is 2. The molecule has 3 heterocycles. The van der Waals surface area contributed by atoms with E-state index in [1.165, 1.54) is 12.8 Å². The summed E-state index contributed by atoms with van der Waals surface area (Å²) in [5, 5.41) is 0. The first-order chi connectivity index (χ1) is 12.8. The van der Waals surface area contributed by atoms with Gasteiger partial charge in [0, 0.05) is 18.4 Å². The topological polar surface area (TPSA) is 29.0 Å². The van der Waals surface area contributed by atoms with Gasteiger partial charge in [0.2, 0.25) is 0 Å². The van der Waals surface area contributed by atoms with Crippen molar-refractivity contribution in [3.05, 3.63) is 95.8 Å². The number of pyridine rings is 2. The Morgan fingerprint density at radius 1 is 0.769 bits per heavy atom. The zero-order valence-electron chi connectivity index (χ0n) is 14.6. The summed E-state index contributed by atoms with van der Waals surface area (Å²) >= 11 is 0. The molecule has 1 fully saturated rings. The van der Waals surface area contributed by atoms with Crippen molar-refractivity contribution in [2.75, 3.05) is 13.1 Å². The molecular formula is C22H22FN3. The molecule has 3 aromatic rings. The minimum absolute atomic E-state index is 0.000890. The van der Waals surface area contributed by atoms with Gasteiger partial charge >= 0.3 is 0 Å². The lowest BCUT2D eigenvalue weighted by atomic mass is 9.86. The van der Waals surface area contributed by atoms with E-state index in [0.717, 1.165) is 30.0 Å². The smallest absolute Gasteiger partial charge is 0.123 e. The second-order valence-electron chi connectivity index (χ2n) is 6.73. The molecule has 0 bridgehead atoms. The molecule has 4 heteroatoms. The monoisotopic (exact) mass is 347 g/mol. The summed E-state index contributed by atoms with van der Waals surface area (Å²) in [4.78, 5) is 11.8.